The highest BCUT2D eigenvalue weighted by molar-refractivity contribution is 6.31. The molecule has 0 bridgehead atoms. The molecule has 162 valence electrons. The van der Waals surface area contributed by atoms with Gasteiger partial charge < -0.3 is 5.32 Å². The van der Waals surface area contributed by atoms with Crippen LogP contribution >= 0.6 is 23.2 Å². The van der Waals surface area contributed by atoms with E-state index < -0.39 is 0 Å². The lowest BCUT2D eigenvalue weighted by atomic mass is 10.0. The smallest absolute Gasteiger partial charge is 0.256 e. The number of rotatable bonds is 5. The Hall–Kier alpha value is -3.74. The van der Waals surface area contributed by atoms with Crippen LogP contribution in [0.3, 0.4) is 0 Å². The summed E-state index contributed by atoms with van der Waals surface area (Å²) in [5.41, 5.74) is 4.25. The molecule has 0 radical (unpaired) electrons. The normalized spacial score (nSPS) is 11.0. The molecule has 0 unspecified atom stereocenters. The average molecular weight is 474 g/mol. The Morgan fingerprint density at radius 3 is 2.58 bits per heavy atom. The minimum Gasteiger partial charge on any atom is -0.319 e. The van der Waals surface area contributed by atoms with E-state index in [1.165, 1.54) is 0 Å². The average Bonchev–Trinajstić information content (AvgIpc) is 3.27. The van der Waals surface area contributed by atoms with Gasteiger partial charge in [0.05, 0.1) is 35.2 Å². The van der Waals surface area contributed by atoms with Gasteiger partial charge >= 0.3 is 0 Å². The zero-order valence-corrected chi connectivity index (χ0v) is 18.8. The maximum atomic E-state index is 13.3. The fraction of sp³-hybridized carbons (Fsp3) is 0.0400. The number of amides is 1. The third-order valence-corrected chi connectivity index (χ3v) is 5.61. The van der Waals surface area contributed by atoms with Gasteiger partial charge in [-0.15, -0.1) is 0 Å². The van der Waals surface area contributed by atoms with Crippen molar-refractivity contribution in [1.82, 2.24) is 19.7 Å². The van der Waals surface area contributed by atoms with E-state index in [9.17, 15) is 4.79 Å². The standard InChI is InChI=1S/C25H17Cl2N5O/c26-18-5-3-16(4-6-18)14-32-15-20(13-29-32)30-25(33)22-11-24(17-2-1-9-28-12-17)31-23-8-7-19(27)10-21(22)23/h1-13,15H,14H2,(H,30,33). The first-order valence-electron chi connectivity index (χ1n) is 10.1. The number of hydrogen-bond acceptors (Lipinski definition) is 4. The largest absolute Gasteiger partial charge is 0.319 e. The van der Waals surface area contributed by atoms with Gasteiger partial charge in [-0.25, -0.2) is 4.98 Å². The van der Waals surface area contributed by atoms with Crippen LogP contribution in [0.5, 0.6) is 0 Å². The summed E-state index contributed by atoms with van der Waals surface area (Å²) in [6.07, 6.45) is 6.81. The second-order valence-corrected chi connectivity index (χ2v) is 8.34. The lowest BCUT2D eigenvalue weighted by Crippen LogP contribution is -2.13. The third kappa shape index (κ3) is 4.72. The highest BCUT2D eigenvalue weighted by atomic mass is 35.5. The van der Waals surface area contributed by atoms with Gasteiger partial charge in [0, 0.05) is 39.6 Å². The summed E-state index contributed by atoms with van der Waals surface area (Å²) in [5.74, 6) is -0.277. The Morgan fingerprint density at radius 2 is 1.79 bits per heavy atom. The van der Waals surface area contributed by atoms with Crippen LogP contribution in [0.1, 0.15) is 15.9 Å². The SMILES string of the molecule is O=C(Nc1cnn(Cc2ccc(Cl)cc2)c1)c1cc(-c2cccnc2)nc2ccc(Cl)cc12. The lowest BCUT2D eigenvalue weighted by molar-refractivity contribution is 0.102. The Kier molecular flexibility index (Phi) is 5.77. The summed E-state index contributed by atoms with van der Waals surface area (Å²) in [7, 11) is 0. The summed E-state index contributed by atoms with van der Waals surface area (Å²) >= 11 is 12.2. The summed E-state index contributed by atoms with van der Waals surface area (Å²) in [6.45, 7) is 0.561. The van der Waals surface area contributed by atoms with Crippen molar-refractivity contribution in [3.05, 3.63) is 107 Å². The van der Waals surface area contributed by atoms with Gasteiger partial charge in [0.2, 0.25) is 0 Å². The number of pyridine rings is 2. The predicted molar refractivity (Wildman–Crippen MR) is 131 cm³/mol. The molecule has 0 aliphatic rings. The van der Waals surface area contributed by atoms with E-state index in [0.29, 0.717) is 44.4 Å². The van der Waals surface area contributed by atoms with Crippen molar-refractivity contribution in [2.45, 2.75) is 6.54 Å². The number of aromatic nitrogens is 4. The number of benzene rings is 2. The highest BCUT2D eigenvalue weighted by Gasteiger charge is 2.16. The van der Waals surface area contributed by atoms with E-state index in [-0.39, 0.29) is 5.91 Å². The van der Waals surface area contributed by atoms with Crippen molar-refractivity contribution in [3.8, 4) is 11.3 Å². The van der Waals surface area contributed by atoms with E-state index in [1.54, 1.807) is 53.7 Å². The molecule has 0 saturated carbocycles. The maximum absolute atomic E-state index is 13.3. The second-order valence-electron chi connectivity index (χ2n) is 7.47. The topological polar surface area (TPSA) is 72.7 Å². The number of carbonyl (C=O) groups excluding carboxylic acids is 1. The monoisotopic (exact) mass is 473 g/mol. The highest BCUT2D eigenvalue weighted by Crippen LogP contribution is 2.27. The molecule has 8 heteroatoms. The number of anilines is 1. The fourth-order valence-corrected chi connectivity index (χ4v) is 3.84. The molecule has 5 aromatic rings. The van der Waals surface area contributed by atoms with Gasteiger partial charge in [0.1, 0.15) is 0 Å². The van der Waals surface area contributed by atoms with Gasteiger partial charge in [-0.3, -0.25) is 14.5 Å². The summed E-state index contributed by atoms with van der Waals surface area (Å²) < 4.78 is 1.75. The predicted octanol–water partition coefficient (Wildman–Crippen LogP) is 6.10. The number of carbonyl (C=O) groups is 1. The van der Waals surface area contributed by atoms with Crippen LogP contribution in [-0.4, -0.2) is 25.7 Å². The first kappa shape index (κ1) is 21.1. The summed E-state index contributed by atoms with van der Waals surface area (Å²) in [5, 5.41) is 9.16. The number of hydrogen-bond donors (Lipinski definition) is 1. The van der Waals surface area contributed by atoms with E-state index in [1.807, 2.05) is 36.4 Å². The molecule has 0 aliphatic carbocycles. The molecule has 2 aromatic carbocycles. The first-order chi connectivity index (χ1) is 16.0. The van der Waals surface area contributed by atoms with Crippen LogP contribution in [-0.2, 0) is 6.54 Å². The molecular weight excluding hydrogens is 457 g/mol. The molecule has 33 heavy (non-hydrogen) atoms. The number of nitrogens with one attached hydrogen (secondary N) is 1. The molecule has 0 saturated heterocycles. The summed E-state index contributed by atoms with van der Waals surface area (Å²) in [4.78, 5) is 22.1. The van der Waals surface area contributed by atoms with Gasteiger partial charge in [0.25, 0.3) is 5.91 Å². The van der Waals surface area contributed by atoms with Crippen LogP contribution in [0.25, 0.3) is 22.2 Å². The molecular formula is C25H17Cl2N5O. The van der Waals surface area contributed by atoms with E-state index in [0.717, 1.165) is 11.1 Å². The van der Waals surface area contributed by atoms with Gasteiger partial charge in [-0.2, -0.15) is 5.10 Å². The van der Waals surface area contributed by atoms with E-state index >= 15 is 0 Å². The maximum Gasteiger partial charge on any atom is 0.256 e. The molecule has 0 spiro atoms. The van der Waals surface area contributed by atoms with Gasteiger partial charge in [-0.1, -0.05) is 35.3 Å². The van der Waals surface area contributed by atoms with Crippen molar-refractivity contribution < 1.29 is 4.79 Å². The molecule has 1 amide bonds. The Bertz CT molecular complexity index is 1450. The molecule has 3 aromatic heterocycles. The molecule has 0 fully saturated rings. The van der Waals surface area contributed by atoms with Crippen LogP contribution < -0.4 is 5.32 Å². The number of nitrogens with zero attached hydrogens (tertiary/aromatic N) is 4. The third-order valence-electron chi connectivity index (χ3n) is 5.12. The Balaban J connectivity index is 1.45. The molecule has 1 N–H and O–H groups in total. The van der Waals surface area contributed by atoms with Crippen LogP contribution in [0.4, 0.5) is 5.69 Å². The molecule has 6 nitrogen and oxygen atoms in total. The minimum absolute atomic E-state index is 0.277. The van der Waals surface area contributed by atoms with Crippen LogP contribution in [0.2, 0.25) is 10.0 Å². The lowest BCUT2D eigenvalue weighted by Gasteiger charge is -2.10. The zero-order valence-electron chi connectivity index (χ0n) is 17.2. The Morgan fingerprint density at radius 1 is 0.970 bits per heavy atom. The molecule has 0 aliphatic heterocycles. The van der Waals surface area contributed by atoms with Crippen molar-refractivity contribution in [3.63, 3.8) is 0 Å². The van der Waals surface area contributed by atoms with E-state index in [4.69, 9.17) is 23.2 Å². The molecule has 5 rings (SSSR count). The van der Waals surface area contributed by atoms with Crippen molar-refractivity contribution in [1.29, 1.82) is 0 Å². The number of fused-ring (bicyclic) bond motifs is 1. The Labute approximate surface area is 199 Å². The van der Waals surface area contributed by atoms with Crippen molar-refractivity contribution >= 4 is 45.7 Å². The second kappa shape index (κ2) is 9.02. The first-order valence-corrected chi connectivity index (χ1v) is 10.9. The van der Waals surface area contributed by atoms with Crippen molar-refractivity contribution in [2.75, 3.05) is 5.32 Å². The quantitative estimate of drug-likeness (QED) is 0.334. The molecule has 0 atom stereocenters. The van der Waals surface area contributed by atoms with Gasteiger partial charge in [-0.05, 0) is 54.1 Å². The zero-order chi connectivity index (χ0) is 22.8. The minimum atomic E-state index is -0.277. The molecule has 3 heterocycles. The van der Waals surface area contributed by atoms with Gasteiger partial charge in [0.15, 0.2) is 0 Å². The number of halogens is 2. The van der Waals surface area contributed by atoms with Crippen LogP contribution in [0.15, 0.2) is 85.5 Å². The fourth-order valence-electron chi connectivity index (χ4n) is 3.54. The van der Waals surface area contributed by atoms with Crippen LogP contribution in [0, 0.1) is 0 Å². The van der Waals surface area contributed by atoms with Crippen molar-refractivity contribution in [2.24, 2.45) is 0 Å². The van der Waals surface area contributed by atoms with E-state index in [2.05, 4.69) is 20.4 Å². The summed E-state index contributed by atoms with van der Waals surface area (Å²) in [6, 6.07) is 18.3.